The number of nitrogens with zero attached hydrogens (tertiary/aromatic N) is 5. The lowest BCUT2D eigenvalue weighted by Crippen LogP contribution is -2.48. The molecule has 1 aromatic carbocycles. The maximum atomic E-state index is 14.4. The average molecular weight is 618 g/mol. The molecule has 14 heteroatoms. The lowest BCUT2D eigenvalue weighted by molar-refractivity contribution is 0.00812. The van der Waals surface area contributed by atoms with E-state index in [1.165, 1.54) is 42.2 Å². The summed E-state index contributed by atoms with van der Waals surface area (Å²) in [6, 6.07) is 5.30. The Hall–Kier alpha value is -3.38. The summed E-state index contributed by atoms with van der Waals surface area (Å²) >= 11 is 0. The monoisotopic (exact) mass is 617 g/mol. The number of methoxy groups -OCH3 is 2. The average Bonchev–Trinajstić information content (AvgIpc) is 3.40. The second-order valence-corrected chi connectivity index (χ2v) is 19.3. The molecule has 2 aromatic rings. The highest BCUT2D eigenvalue weighted by atomic mass is 32.2. The number of aliphatic imine (C=N–C) groups is 1. The molecule has 228 valence electrons. The van der Waals surface area contributed by atoms with E-state index in [-0.39, 0.29) is 53.0 Å². The first kappa shape index (κ1) is 31.6. The van der Waals surface area contributed by atoms with E-state index >= 15 is 0 Å². The van der Waals surface area contributed by atoms with Crippen molar-refractivity contribution in [3.8, 4) is 17.2 Å². The molecule has 0 radical (unpaired) electrons. The summed E-state index contributed by atoms with van der Waals surface area (Å²) in [6.07, 6.45) is 1.51. The Labute approximate surface area is 247 Å². The van der Waals surface area contributed by atoms with Crippen molar-refractivity contribution in [1.29, 1.82) is 0 Å². The number of aromatic hydroxyl groups is 1. The zero-order chi connectivity index (χ0) is 30.7. The lowest BCUT2D eigenvalue weighted by Gasteiger charge is -2.34. The van der Waals surface area contributed by atoms with Gasteiger partial charge in [0.05, 0.1) is 26.4 Å². The van der Waals surface area contributed by atoms with Crippen LogP contribution in [0.3, 0.4) is 0 Å². The van der Waals surface area contributed by atoms with Crippen molar-refractivity contribution in [2.24, 2.45) is 10.9 Å². The summed E-state index contributed by atoms with van der Waals surface area (Å²) in [5.41, 5.74) is 6.00. The van der Waals surface area contributed by atoms with E-state index in [1.54, 1.807) is 12.1 Å². The highest BCUT2D eigenvalue weighted by molar-refractivity contribution is 7.93. The van der Waals surface area contributed by atoms with Crippen molar-refractivity contribution in [2.75, 3.05) is 38.3 Å². The SMILES string of the molecule is COC1=NC(c2nnc(N(CC[Si](C)(C)C)S(=O)(=O)[C@H](C)[C@@H](O)C3CCOCC3)n2-c2c(O)cccc2OC)=C=C=C1. The minimum atomic E-state index is -4.21. The van der Waals surface area contributed by atoms with Gasteiger partial charge in [-0.15, -0.1) is 10.2 Å². The van der Waals surface area contributed by atoms with Gasteiger partial charge in [-0.25, -0.2) is 17.7 Å². The fourth-order valence-electron chi connectivity index (χ4n) is 4.84. The molecule has 42 heavy (non-hydrogen) atoms. The summed E-state index contributed by atoms with van der Waals surface area (Å²) < 4.78 is 47.7. The molecule has 12 nitrogen and oxygen atoms in total. The van der Waals surface area contributed by atoms with Crippen LogP contribution in [0.15, 0.2) is 40.7 Å². The van der Waals surface area contributed by atoms with E-state index in [0.717, 1.165) is 0 Å². The zero-order valence-electron chi connectivity index (χ0n) is 24.9. The van der Waals surface area contributed by atoms with Crippen molar-refractivity contribution in [1.82, 2.24) is 14.8 Å². The summed E-state index contributed by atoms with van der Waals surface area (Å²) in [6.45, 7) is 8.99. The molecule has 0 unspecified atom stereocenters. The van der Waals surface area contributed by atoms with Crippen LogP contribution in [0.1, 0.15) is 25.6 Å². The van der Waals surface area contributed by atoms with Gasteiger partial charge in [-0.1, -0.05) is 31.4 Å². The molecule has 0 amide bonds. The summed E-state index contributed by atoms with van der Waals surface area (Å²) in [7, 11) is -3.09. The molecule has 2 atom stereocenters. The fourth-order valence-corrected chi connectivity index (χ4v) is 7.56. The molecule has 2 aliphatic heterocycles. The number of benzene rings is 1. The standard InChI is InChI=1S/C28H39N5O7SSi/c1-19(26(35)20-13-16-40-17-14-20)41(36,37)32(15-18-42(4,5)6)28-31-30-27(21-9-7-12-24(29-21)39-3)33(28)25-22(34)10-8-11-23(25)38-2/h8,10-12,19-20,26,34-35H,13-18H2,1-6H3/t19-,26-/m1/s1. The Balaban J connectivity index is 1.94. The van der Waals surface area contributed by atoms with Crippen molar-refractivity contribution in [3.05, 3.63) is 41.6 Å². The van der Waals surface area contributed by atoms with Crippen LogP contribution in [-0.4, -0.2) is 92.7 Å². The Bertz CT molecular complexity index is 1530. The van der Waals surface area contributed by atoms with Gasteiger partial charge in [0.2, 0.25) is 21.9 Å². The van der Waals surface area contributed by atoms with Crippen LogP contribution in [0.2, 0.25) is 25.7 Å². The van der Waals surface area contributed by atoms with Crippen molar-refractivity contribution in [2.45, 2.75) is 56.8 Å². The van der Waals surface area contributed by atoms with E-state index < -0.39 is 29.5 Å². The molecular formula is C28H39N5O7SSi. The largest absolute Gasteiger partial charge is 0.506 e. The quantitative estimate of drug-likeness (QED) is 0.286. The number of para-hydroxylation sites is 1. The summed E-state index contributed by atoms with van der Waals surface area (Å²) in [5, 5.41) is 29.9. The van der Waals surface area contributed by atoms with Crippen LogP contribution in [0, 0.1) is 5.92 Å². The van der Waals surface area contributed by atoms with Gasteiger partial charge in [-0.2, -0.15) is 0 Å². The number of hydrogen-bond acceptors (Lipinski definition) is 10. The van der Waals surface area contributed by atoms with E-state index in [1.807, 2.05) is 0 Å². The molecule has 3 heterocycles. The predicted octanol–water partition coefficient (Wildman–Crippen LogP) is 3.34. The van der Waals surface area contributed by atoms with E-state index in [2.05, 4.69) is 46.3 Å². The van der Waals surface area contributed by atoms with Crippen LogP contribution < -0.4 is 9.04 Å². The van der Waals surface area contributed by atoms with Crippen LogP contribution in [0.4, 0.5) is 5.95 Å². The minimum absolute atomic E-state index is 0.0768. The molecule has 0 aliphatic carbocycles. The third kappa shape index (κ3) is 6.64. The van der Waals surface area contributed by atoms with Gasteiger partial charge in [0.25, 0.3) is 0 Å². The number of phenols is 1. The second-order valence-electron chi connectivity index (χ2n) is 11.5. The number of rotatable bonds is 11. The fraction of sp³-hybridized carbons (Fsp3) is 0.536. The van der Waals surface area contributed by atoms with Gasteiger partial charge < -0.3 is 24.4 Å². The number of hydrogen-bond donors (Lipinski definition) is 2. The van der Waals surface area contributed by atoms with E-state index in [9.17, 15) is 18.6 Å². The molecule has 4 rings (SSSR count). The Morgan fingerprint density at radius 1 is 1.19 bits per heavy atom. The minimum Gasteiger partial charge on any atom is -0.506 e. The highest BCUT2D eigenvalue weighted by Gasteiger charge is 2.41. The zero-order valence-corrected chi connectivity index (χ0v) is 26.7. The third-order valence-electron chi connectivity index (χ3n) is 7.39. The van der Waals surface area contributed by atoms with Gasteiger partial charge in [-0.3, -0.25) is 4.57 Å². The molecule has 2 N–H and O–H groups in total. The molecule has 1 aromatic heterocycles. The number of aromatic nitrogens is 3. The molecule has 0 saturated carbocycles. The van der Waals surface area contributed by atoms with Crippen molar-refractivity contribution >= 4 is 35.6 Å². The van der Waals surface area contributed by atoms with Crippen LogP contribution >= 0.6 is 0 Å². The highest BCUT2D eigenvalue weighted by Crippen LogP contribution is 2.38. The third-order valence-corrected chi connectivity index (χ3v) is 11.3. The number of aliphatic hydroxyl groups is 1. The Morgan fingerprint density at radius 3 is 2.55 bits per heavy atom. The van der Waals surface area contributed by atoms with Gasteiger partial charge in [0, 0.05) is 27.8 Å². The number of ether oxygens (including phenoxy) is 3. The summed E-state index contributed by atoms with van der Waals surface area (Å²) in [5.74, 6) is 0.0851. The van der Waals surface area contributed by atoms with Crippen LogP contribution in [-0.2, 0) is 19.5 Å². The van der Waals surface area contributed by atoms with Crippen LogP contribution in [0.5, 0.6) is 11.5 Å². The molecule has 1 saturated heterocycles. The summed E-state index contributed by atoms with van der Waals surface area (Å²) in [4.78, 5) is 4.41. The number of sulfonamides is 1. The first-order valence-electron chi connectivity index (χ1n) is 13.8. The molecular weight excluding hydrogens is 578 g/mol. The van der Waals surface area contributed by atoms with Crippen molar-refractivity contribution in [3.63, 3.8) is 0 Å². The van der Waals surface area contributed by atoms with E-state index in [0.29, 0.717) is 32.1 Å². The maximum absolute atomic E-state index is 14.4. The molecule has 0 spiro atoms. The number of aliphatic hydroxyl groups excluding tert-OH is 1. The van der Waals surface area contributed by atoms with Gasteiger partial charge in [-0.05, 0) is 49.6 Å². The number of phenolic OH excluding ortho intramolecular Hbond substituents is 1. The lowest BCUT2D eigenvalue weighted by atomic mass is 9.92. The van der Waals surface area contributed by atoms with Gasteiger partial charge in [0.1, 0.15) is 22.4 Å². The van der Waals surface area contributed by atoms with Crippen molar-refractivity contribution < 1.29 is 32.8 Å². The first-order valence-corrected chi connectivity index (χ1v) is 19.0. The van der Waals surface area contributed by atoms with Crippen LogP contribution in [0.25, 0.3) is 11.4 Å². The number of anilines is 1. The Morgan fingerprint density at radius 2 is 1.90 bits per heavy atom. The smallest absolute Gasteiger partial charge is 0.246 e. The van der Waals surface area contributed by atoms with Gasteiger partial charge in [0.15, 0.2) is 11.5 Å². The van der Waals surface area contributed by atoms with Gasteiger partial charge >= 0.3 is 0 Å². The predicted molar refractivity (Wildman–Crippen MR) is 162 cm³/mol. The maximum Gasteiger partial charge on any atom is 0.246 e. The van der Waals surface area contributed by atoms with E-state index in [4.69, 9.17) is 14.2 Å². The molecule has 2 aliphatic rings. The molecule has 0 bridgehead atoms. The topological polar surface area (TPSA) is 149 Å². The Kier molecular flexibility index (Phi) is 9.66. The second kappa shape index (κ2) is 12.9. The normalized spacial score (nSPS) is 17.4. The first-order chi connectivity index (χ1) is 19.9. The molecule has 1 fully saturated rings.